The Kier molecular flexibility index (Phi) is 5.13. The van der Waals surface area contributed by atoms with E-state index in [2.05, 4.69) is 20.6 Å². The van der Waals surface area contributed by atoms with Crippen LogP contribution < -0.4 is 5.32 Å². The maximum Gasteiger partial charge on any atom is 0.338 e. The minimum atomic E-state index is -1.02. The molecule has 1 unspecified atom stereocenters. The smallest absolute Gasteiger partial charge is 0.338 e. The molecule has 0 aliphatic heterocycles. The van der Waals surface area contributed by atoms with E-state index in [1.165, 1.54) is 12.4 Å². The van der Waals surface area contributed by atoms with E-state index in [1.807, 2.05) is 12.1 Å². The van der Waals surface area contributed by atoms with Crippen LogP contribution in [-0.4, -0.2) is 54.2 Å². The first-order chi connectivity index (χ1) is 14.0. The second-order valence-corrected chi connectivity index (χ2v) is 7.29. The van der Waals surface area contributed by atoms with Gasteiger partial charge in [-0.3, -0.25) is 14.6 Å². The molecular weight excluding hydrogens is 374 g/mol. The number of aromatic carboxylic acids is 1. The number of carboxylic acid groups (broad SMARTS) is 1. The number of rotatable bonds is 6. The SMILES string of the molecule is O=C(O)c1cnn(CC2C[C@@H](O)[C@H](NC(=O)c3cccc(-c4ccn[nH]4)c3)C2)c1. The van der Waals surface area contributed by atoms with Crippen LogP contribution in [0.3, 0.4) is 0 Å². The molecule has 9 heteroatoms. The largest absolute Gasteiger partial charge is 0.478 e. The van der Waals surface area contributed by atoms with Gasteiger partial charge in [-0.25, -0.2) is 4.79 Å². The summed E-state index contributed by atoms with van der Waals surface area (Å²) in [6.45, 7) is 0.492. The minimum Gasteiger partial charge on any atom is -0.478 e. The lowest BCUT2D eigenvalue weighted by Gasteiger charge is -2.16. The number of benzene rings is 1. The van der Waals surface area contributed by atoms with Crippen LogP contribution in [0.2, 0.25) is 0 Å². The van der Waals surface area contributed by atoms with Crippen LogP contribution in [0.4, 0.5) is 0 Å². The summed E-state index contributed by atoms with van der Waals surface area (Å²) in [5, 5.41) is 33.1. The topological polar surface area (TPSA) is 133 Å². The predicted molar refractivity (Wildman–Crippen MR) is 103 cm³/mol. The Labute approximate surface area is 166 Å². The number of nitrogens with zero attached hydrogens (tertiary/aromatic N) is 3. The third kappa shape index (κ3) is 4.19. The molecule has 0 saturated heterocycles. The average Bonchev–Trinajstić information content (AvgIpc) is 3.44. The Hall–Kier alpha value is -3.46. The molecule has 9 nitrogen and oxygen atoms in total. The van der Waals surface area contributed by atoms with Gasteiger partial charge in [0.1, 0.15) is 0 Å². The van der Waals surface area contributed by atoms with Gasteiger partial charge in [0, 0.05) is 30.1 Å². The van der Waals surface area contributed by atoms with Crippen molar-refractivity contribution in [2.24, 2.45) is 5.92 Å². The summed E-state index contributed by atoms with van der Waals surface area (Å²) in [4.78, 5) is 23.6. The van der Waals surface area contributed by atoms with Gasteiger partial charge in [-0.2, -0.15) is 10.2 Å². The quantitative estimate of drug-likeness (QED) is 0.500. The van der Waals surface area contributed by atoms with Crippen LogP contribution in [-0.2, 0) is 6.54 Å². The first kappa shape index (κ1) is 18.9. The van der Waals surface area contributed by atoms with Crippen LogP contribution in [0.1, 0.15) is 33.6 Å². The number of aliphatic hydroxyl groups is 1. The van der Waals surface area contributed by atoms with Gasteiger partial charge in [0.15, 0.2) is 0 Å². The van der Waals surface area contributed by atoms with Crippen molar-refractivity contribution in [3.8, 4) is 11.3 Å². The number of amides is 1. The molecule has 1 saturated carbocycles. The highest BCUT2D eigenvalue weighted by Gasteiger charge is 2.34. The molecule has 2 heterocycles. The summed E-state index contributed by atoms with van der Waals surface area (Å²) < 4.78 is 1.57. The summed E-state index contributed by atoms with van der Waals surface area (Å²) >= 11 is 0. The standard InChI is InChI=1S/C20H21N5O4/c26-18-7-12(10-25-11-15(9-22-25)20(28)29)6-17(18)23-19(27)14-3-1-2-13(8-14)16-4-5-21-24-16/h1-5,8-9,11-12,17-18,26H,6-7,10H2,(H,21,24)(H,23,27)(H,28,29)/t12?,17-,18-/m1/s1. The number of aromatic amines is 1. The molecule has 29 heavy (non-hydrogen) atoms. The molecule has 1 amide bonds. The van der Waals surface area contributed by atoms with Gasteiger partial charge in [0.05, 0.1) is 29.6 Å². The molecule has 3 aromatic rings. The van der Waals surface area contributed by atoms with E-state index in [0.717, 1.165) is 11.3 Å². The summed E-state index contributed by atoms with van der Waals surface area (Å²) in [6.07, 6.45) is 4.88. The number of carbonyl (C=O) groups is 2. The van der Waals surface area contributed by atoms with Crippen LogP contribution >= 0.6 is 0 Å². The van der Waals surface area contributed by atoms with Crippen LogP contribution in [0.25, 0.3) is 11.3 Å². The van der Waals surface area contributed by atoms with Crippen molar-refractivity contribution in [1.29, 1.82) is 0 Å². The fourth-order valence-electron chi connectivity index (χ4n) is 3.76. The second-order valence-electron chi connectivity index (χ2n) is 7.29. The van der Waals surface area contributed by atoms with E-state index in [-0.39, 0.29) is 23.4 Å². The lowest BCUT2D eigenvalue weighted by atomic mass is 10.1. The monoisotopic (exact) mass is 395 g/mol. The minimum absolute atomic E-state index is 0.0909. The first-order valence-electron chi connectivity index (χ1n) is 9.34. The van der Waals surface area contributed by atoms with Gasteiger partial charge >= 0.3 is 5.97 Å². The highest BCUT2D eigenvalue weighted by molar-refractivity contribution is 5.95. The number of carbonyl (C=O) groups excluding carboxylic acids is 1. The molecule has 3 atom stereocenters. The maximum atomic E-state index is 12.7. The van der Waals surface area contributed by atoms with Gasteiger partial charge in [0.25, 0.3) is 5.91 Å². The van der Waals surface area contributed by atoms with E-state index >= 15 is 0 Å². The molecule has 0 spiro atoms. The molecule has 1 aromatic carbocycles. The van der Waals surface area contributed by atoms with Crippen molar-refractivity contribution in [2.75, 3.05) is 0 Å². The Bertz CT molecular complexity index is 1010. The Morgan fingerprint density at radius 3 is 2.83 bits per heavy atom. The highest BCUT2D eigenvalue weighted by Crippen LogP contribution is 2.28. The zero-order chi connectivity index (χ0) is 20.4. The molecule has 4 rings (SSSR count). The molecular formula is C20H21N5O4. The Balaban J connectivity index is 1.38. The molecule has 1 aliphatic carbocycles. The molecule has 2 aromatic heterocycles. The van der Waals surface area contributed by atoms with Crippen molar-refractivity contribution >= 4 is 11.9 Å². The number of carboxylic acids is 1. The molecule has 1 aliphatic rings. The summed E-state index contributed by atoms with van der Waals surface area (Å²) in [7, 11) is 0. The number of hydrogen-bond donors (Lipinski definition) is 4. The lowest BCUT2D eigenvalue weighted by Crippen LogP contribution is -2.39. The summed E-state index contributed by atoms with van der Waals surface area (Å²) in [6, 6.07) is 8.66. The van der Waals surface area contributed by atoms with E-state index < -0.39 is 12.1 Å². The summed E-state index contributed by atoms with van der Waals surface area (Å²) in [5.74, 6) is -1.18. The molecule has 0 radical (unpaired) electrons. The van der Waals surface area contributed by atoms with Gasteiger partial charge in [0.2, 0.25) is 0 Å². The van der Waals surface area contributed by atoms with Crippen LogP contribution in [0, 0.1) is 5.92 Å². The van der Waals surface area contributed by atoms with Crippen LogP contribution in [0.5, 0.6) is 0 Å². The van der Waals surface area contributed by atoms with Crippen molar-refractivity contribution < 1.29 is 19.8 Å². The average molecular weight is 395 g/mol. The zero-order valence-electron chi connectivity index (χ0n) is 15.5. The lowest BCUT2D eigenvalue weighted by molar-refractivity contribution is 0.0696. The number of hydrogen-bond acceptors (Lipinski definition) is 5. The molecule has 0 bridgehead atoms. The Morgan fingerprint density at radius 2 is 2.10 bits per heavy atom. The summed E-state index contributed by atoms with van der Waals surface area (Å²) in [5.41, 5.74) is 2.31. The number of aromatic nitrogens is 4. The van der Waals surface area contributed by atoms with E-state index in [0.29, 0.717) is 24.9 Å². The van der Waals surface area contributed by atoms with E-state index in [1.54, 1.807) is 29.1 Å². The van der Waals surface area contributed by atoms with Crippen molar-refractivity contribution in [1.82, 2.24) is 25.3 Å². The third-order valence-corrected chi connectivity index (χ3v) is 5.21. The fraction of sp³-hybridized carbons (Fsp3) is 0.300. The van der Waals surface area contributed by atoms with Gasteiger partial charge in [-0.15, -0.1) is 0 Å². The number of H-pyrrole nitrogens is 1. The van der Waals surface area contributed by atoms with E-state index in [9.17, 15) is 14.7 Å². The maximum absolute atomic E-state index is 12.7. The van der Waals surface area contributed by atoms with Crippen LogP contribution in [0.15, 0.2) is 48.9 Å². The normalized spacial score (nSPS) is 21.2. The molecule has 150 valence electrons. The number of aliphatic hydroxyl groups excluding tert-OH is 1. The second kappa shape index (κ2) is 7.88. The first-order valence-corrected chi connectivity index (χ1v) is 9.34. The van der Waals surface area contributed by atoms with Gasteiger partial charge in [-0.1, -0.05) is 12.1 Å². The third-order valence-electron chi connectivity index (χ3n) is 5.21. The van der Waals surface area contributed by atoms with Crippen molar-refractivity contribution in [3.63, 3.8) is 0 Å². The van der Waals surface area contributed by atoms with E-state index in [4.69, 9.17) is 5.11 Å². The van der Waals surface area contributed by atoms with Gasteiger partial charge in [-0.05, 0) is 37.0 Å². The highest BCUT2D eigenvalue weighted by atomic mass is 16.4. The number of nitrogens with one attached hydrogen (secondary N) is 2. The predicted octanol–water partition coefficient (Wildman–Crippen LogP) is 1.54. The van der Waals surface area contributed by atoms with Crippen molar-refractivity contribution in [3.05, 3.63) is 60.0 Å². The van der Waals surface area contributed by atoms with Gasteiger partial charge < -0.3 is 15.5 Å². The fourth-order valence-corrected chi connectivity index (χ4v) is 3.76. The molecule has 4 N–H and O–H groups in total. The van der Waals surface area contributed by atoms with Crippen molar-refractivity contribution in [2.45, 2.75) is 31.5 Å². The zero-order valence-corrected chi connectivity index (χ0v) is 15.5. The Morgan fingerprint density at radius 1 is 1.24 bits per heavy atom. The molecule has 1 fully saturated rings.